The smallest absolute Gasteiger partial charge is 0.330 e. The molecule has 4 nitrogen and oxygen atoms in total. The summed E-state index contributed by atoms with van der Waals surface area (Å²) < 4.78 is 4.23. The van der Waals surface area contributed by atoms with Crippen LogP contribution < -0.4 is 5.11 Å². The van der Waals surface area contributed by atoms with Crippen molar-refractivity contribution in [2.45, 2.75) is 0 Å². The molecule has 0 bridgehead atoms. The molecule has 0 rings (SSSR count). The SMILES string of the molecule is COC(=O)C=CC(Cl)=C(Cl)C(=O)[O-]. The van der Waals surface area contributed by atoms with Crippen molar-refractivity contribution < 1.29 is 19.4 Å². The van der Waals surface area contributed by atoms with Gasteiger partial charge in [0.2, 0.25) is 0 Å². The first-order valence-electron chi connectivity index (χ1n) is 3.01. The average Bonchev–Trinajstić information content (AvgIpc) is 2.11. The molecule has 13 heavy (non-hydrogen) atoms. The van der Waals surface area contributed by atoms with Crippen LogP contribution in [0, 0.1) is 0 Å². The molecule has 0 saturated carbocycles. The van der Waals surface area contributed by atoms with Crippen molar-refractivity contribution >= 4 is 35.1 Å². The molecule has 0 aliphatic carbocycles. The Labute approximate surface area is 84.4 Å². The van der Waals surface area contributed by atoms with Gasteiger partial charge in [-0.2, -0.15) is 0 Å². The molecular weight excluding hydrogens is 219 g/mol. The van der Waals surface area contributed by atoms with Crippen LogP contribution in [0.1, 0.15) is 0 Å². The van der Waals surface area contributed by atoms with Crippen molar-refractivity contribution in [2.75, 3.05) is 7.11 Å². The Hall–Kier alpha value is -1.00. The Morgan fingerprint density at radius 3 is 2.23 bits per heavy atom. The Bertz CT molecular complexity index is 280. The lowest BCUT2D eigenvalue weighted by Gasteiger charge is -1.99. The molecule has 0 N–H and O–H groups in total. The number of rotatable bonds is 3. The molecule has 0 aliphatic heterocycles. The zero-order valence-corrected chi connectivity index (χ0v) is 8.06. The third kappa shape index (κ3) is 4.55. The molecule has 0 saturated heterocycles. The number of aliphatic carboxylic acids is 1. The summed E-state index contributed by atoms with van der Waals surface area (Å²) in [5, 5.41) is 9.16. The lowest BCUT2D eigenvalue weighted by atomic mass is 10.4. The molecule has 0 radical (unpaired) electrons. The second kappa shape index (κ2) is 5.61. The van der Waals surface area contributed by atoms with Crippen molar-refractivity contribution in [3.8, 4) is 0 Å². The highest BCUT2D eigenvalue weighted by molar-refractivity contribution is 6.47. The van der Waals surface area contributed by atoms with Crippen molar-refractivity contribution in [3.05, 3.63) is 22.2 Å². The number of carboxylic acid groups (broad SMARTS) is 1. The lowest BCUT2D eigenvalue weighted by Crippen LogP contribution is -2.22. The zero-order valence-electron chi connectivity index (χ0n) is 6.54. The Morgan fingerprint density at radius 1 is 1.31 bits per heavy atom. The molecule has 0 aliphatic rings. The van der Waals surface area contributed by atoms with Gasteiger partial charge < -0.3 is 14.6 Å². The highest BCUT2D eigenvalue weighted by Crippen LogP contribution is 2.14. The van der Waals surface area contributed by atoms with Crippen LogP contribution >= 0.6 is 23.2 Å². The average molecular weight is 224 g/mol. The van der Waals surface area contributed by atoms with E-state index in [0.717, 1.165) is 12.2 Å². The number of carbonyl (C=O) groups excluding carboxylic acids is 2. The third-order valence-corrected chi connectivity index (χ3v) is 1.73. The van der Waals surface area contributed by atoms with E-state index in [4.69, 9.17) is 23.2 Å². The molecule has 0 heterocycles. The predicted octanol–water partition coefficient (Wildman–Crippen LogP) is 0.155. The third-order valence-electron chi connectivity index (χ3n) is 0.956. The van der Waals surface area contributed by atoms with E-state index in [2.05, 4.69) is 4.74 Å². The predicted molar refractivity (Wildman–Crippen MR) is 44.9 cm³/mol. The molecule has 0 spiro atoms. The van der Waals surface area contributed by atoms with Gasteiger partial charge in [0.15, 0.2) is 0 Å². The molecule has 0 fully saturated rings. The minimum Gasteiger partial charge on any atom is -0.544 e. The summed E-state index contributed by atoms with van der Waals surface area (Å²) in [5.74, 6) is -2.28. The van der Waals surface area contributed by atoms with Gasteiger partial charge in [0, 0.05) is 6.08 Å². The largest absolute Gasteiger partial charge is 0.544 e. The number of allylic oxidation sites excluding steroid dienone is 2. The number of carbonyl (C=O) groups is 2. The monoisotopic (exact) mass is 223 g/mol. The molecule has 0 aromatic carbocycles. The van der Waals surface area contributed by atoms with Crippen LogP contribution in [0.25, 0.3) is 0 Å². The van der Waals surface area contributed by atoms with E-state index >= 15 is 0 Å². The van der Waals surface area contributed by atoms with Gasteiger partial charge in [-0.3, -0.25) is 0 Å². The summed E-state index contributed by atoms with van der Waals surface area (Å²) in [4.78, 5) is 20.6. The first-order valence-corrected chi connectivity index (χ1v) is 3.77. The van der Waals surface area contributed by atoms with Crippen LogP contribution in [0.5, 0.6) is 0 Å². The van der Waals surface area contributed by atoms with Gasteiger partial charge in [-0.1, -0.05) is 23.2 Å². The van der Waals surface area contributed by atoms with E-state index in [1.165, 1.54) is 7.11 Å². The summed E-state index contributed by atoms with van der Waals surface area (Å²) in [6.45, 7) is 0. The number of ether oxygens (including phenoxy) is 1. The van der Waals surface area contributed by atoms with Crippen LogP contribution in [0.3, 0.4) is 0 Å². The quantitative estimate of drug-likeness (QED) is 0.389. The molecule has 0 aromatic heterocycles. The number of esters is 1. The van der Waals surface area contributed by atoms with Crippen molar-refractivity contribution in [1.29, 1.82) is 0 Å². The van der Waals surface area contributed by atoms with Gasteiger partial charge in [-0.15, -0.1) is 0 Å². The number of hydrogen-bond donors (Lipinski definition) is 0. The summed E-state index contributed by atoms with van der Waals surface area (Å²) in [6.07, 6.45) is 1.94. The fraction of sp³-hybridized carbons (Fsp3) is 0.143. The van der Waals surface area contributed by atoms with E-state index in [-0.39, 0.29) is 5.03 Å². The van der Waals surface area contributed by atoms with E-state index in [9.17, 15) is 14.7 Å². The Kier molecular flexibility index (Phi) is 5.18. The Morgan fingerprint density at radius 2 is 1.85 bits per heavy atom. The topological polar surface area (TPSA) is 66.4 Å². The van der Waals surface area contributed by atoms with Gasteiger partial charge in [-0.05, 0) is 6.08 Å². The van der Waals surface area contributed by atoms with Gasteiger partial charge in [-0.25, -0.2) is 4.79 Å². The zero-order chi connectivity index (χ0) is 10.4. The van der Waals surface area contributed by atoms with Crippen LogP contribution in [-0.4, -0.2) is 19.0 Å². The van der Waals surface area contributed by atoms with Crippen LogP contribution in [-0.2, 0) is 14.3 Å². The molecule has 0 atom stereocenters. The molecule has 0 unspecified atom stereocenters. The second-order valence-electron chi connectivity index (χ2n) is 1.81. The fourth-order valence-electron chi connectivity index (χ4n) is 0.380. The summed E-state index contributed by atoms with van der Waals surface area (Å²) >= 11 is 10.5. The first kappa shape index (κ1) is 12.0. The van der Waals surface area contributed by atoms with Crippen molar-refractivity contribution in [1.82, 2.24) is 0 Å². The lowest BCUT2D eigenvalue weighted by molar-refractivity contribution is -0.298. The highest BCUT2D eigenvalue weighted by Gasteiger charge is 2.00. The minimum atomic E-state index is -1.61. The van der Waals surface area contributed by atoms with Gasteiger partial charge in [0.25, 0.3) is 0 Å². The molecule has 0 aromatic rings. The maximum atomic E-state index is 10.5. The summed E-state index contributed by atoms with van der Waals surface area (Å²) in [7, 11) is 1.17. The normalized spacial score (nSPS) is 12.5. The Balaban J connectivity index is 4.54. The molecule has 6 heteroatoms. The van der Waals surface area contributed by atoms with E-state index in [1.54, 1.807) is 0 Å². The van der Waals surface area contributed by atoms with Crippen LogP contribution in [0.2, 0.25) is 0 Å². The number of hydrogen-bond acceptors (Lipinski definition) is 4. The number of carboxylic acids is 1. The summed E-state index contributed by atoms with van der Waals surface area (Å²) in [5.41, 5.74) is 0. The van der Waals surface area contributed by atoms with Crippen molar-refractivity contribution in [2.24, 2.45) is 0 Å². The second-order valence-corrected chi connectivity index (χ2v) is 2.59. The van der Waals surface area contributed by atoms with Crippen LogP contribution in [0.4, 0.5) is 0 Å². The molecular formula is C7H5Cl2O4-. The standard InChI is InChI=1S/C7H6Cl2O4/c1-13-5(10)3-2-4(8)6(9)7(11)12/h2-3H,1H3,(H,11,12)/p-1. The van der Waals surface area contributed by atoms with Crippen molar-refractivity contribution in [3.63, 3.8) is 0 Å². The molecule has 0 amide bonds. The van der Waals surface area contributed by atoms with Gasteiger partial charge in [0.1, 0.15) is 0 Å². The maximum absolute atomic E-state index is 10.5. The maximum Gasteiger partial charge on any atom is 0.330 e. The number of halogens is 2. The van der Waals surface area contributed by atoms with E-state index < -0.39 is 17.0 Å². The summed E-state index contributed by atoms with van der Waals surface area (Å²) in [6, 6.07) is 0. The number of methoxy groups -OCH3 is 1. The fourth-order valence-corrected chi connectivity index (χ4v) is 0.583. The van der Waals surface area contributed by atoms with Gasteiger partial charge in [0.05, 0.1) is 23.1 Å². The highest BCUT2D eigenvalue weighted by atomic mass is 35.5. The first-order chi connectivity index (χ1) is 5.99. The molecule has 72 valence electrons. The van der Waals surface area contributed by atoms with Gasteiger partial charge >= 0.3 is 5.97 Å². The van der Waals surface area contributed by atoms with E-state index in [1.807, 2.05) is 0 Å². The van der Waals surface area contributed by atoms with Crippen LogP contribution in [0.15, 0.2) is 22.2 Å². The minimum absolute atomic E-state index is 0.299. The van der Waals surface area contributed by atoms with E-state index in [0.29, 0.717) is 0 Å².